The molecule has 1 heterocycles. The van der Waals surface area contributed by atoms with Gasteiger partial charge in [0.15, 0.2) is 0 Å². The largest absolute Gasteiger partial charge is 0.452 e. The van der Waals surface area contributed by atoms with E-state index in [0.717, 1.165) is 0 Å². The van der Waals surface area contributed by atoms with E-state index in [9.17, 15) is 4.79 Å². The van der Waals surface area contributed by atoms with Crippen molar-refractivity contribution in [2.75, 3.05) is 6.54 Å². The SMILES string of the molecule is CC(C)N(CC#N)C(=O)c1ccoc1Cl. The number of nitrogens with zero attached hydrogens (tertiary/aromatic N) is 2. The summed E-state index contributed by atoms with van der Waals surface area (Å²) in [6.45, 7) is 3.71. The van der Waals surface area contributed by atoms with Crippen molar-refractivity contribution in [3.05, 3.63) is 23.1 Å². The van der Waals surface area contributed by atoms with Gasteiger partial charge in [0.1, 0.15) is 6.54 Å². The first kappa shape index (κ1) is 11.6. The van der Waals surface area contributed by atoms with Crippen molar-refractivity contribution in [2.24, 2.45) is 0 Å². The molecule has 80 valence electrons. The summed E-state index contributed by atoms with van der Waals surface area (Å²) < 4.78 is 4.83. The molecule has 0 aromatic carbocycles. The number of nitriles is 1. The lowest BCUT2D eigenvalue weighted by Gasteiger charge is -2.23. The summed E-state index contributed by atoms with van der Waals surface area (Å²) >= 11 is 5.69. The molecule has 1 rings (SSSR count). The Morgan fingerprint density at radius 2 is 2.40 bits per heavy atom. The summed E-state index contributed by atoms with van der Waals surface area (Å²) in [6.07, 6.45) is 1.35. The van der Waals surface area contributed by atoms with Gasteiger partial charge in [-0.25, -0.2) is 0 Å². The normalized spacial score (nSPS) is 10.1. The Labute approximate surface area is 93.0 Å². The Bertz CT molecular complexity index is 392. The number of hydrogen-bond donors (Lipinski definition) is 0. The molecule has 1 aromatic rings. The van der Waals surface area contributed by atoms with E-state index in [1.165, 1.54) is 17.2 Å². The Kier molecular flexibility index (Phi) is 3.75. The Hall–Kier alpha value is -1.47. The minimum absolute atomic E-state index is 0.0397. The van der Waals surface area contributed by atoms with Crippen LogP contribution in [0, 0.1) is 11.3 Å². The van der Waals surface area contributed by atoms with Crippen LogP contribution in [0.15, 0.2) is 16.7 Å². The summed E-state index contributed by atoms with van der Waals surface area (Å²) in [7, 11) is 0. The van der Waals surface area contributed by atoms with Crippen LogP contribution in [-0.4, -0.2) is 23.4 Å². The lowest BCUT2D eigenvalue weighted by atomic mass is 10.2. The van der Waals surface area contributed by atoms with Crippen LogP contribution in [0.4, 0.5) is 0 Å². The summed E-state index contributed by atoms with van der Waals surface area (Å²) in [6, 6.07) is 3.39. The summed E-state index contributed by atoms with van der Waals surface area (Å²) in [5.41, 5.74) is 0.292. The molecule has 0 saturated heterocycles. The van der Waals surface area contributed by atoms with Crippen LogP contribution in [0.25, 0.3) is 0 Å². The van der Waals surface area contributed by atoms with Crippen LogP contribution in [-0.2, 0) is 0 Å². The molecule has 5 heteroatoms. The zero-order valence-corrected chi connectivity index (χ0v) is 9.28. The number of halogens is 1. The molecule has 0 N–H and O–H groups in total. The van der Waals surface area contributed by atoms with Crippen molar-refractivity contribution in [1.82, 2.24) is 4.90 Å². The Balaban J connectivity index is 2.92. The lowest BCUT2D eigenvalue weighted by molar-refractivity contribution is 0.0731. The van der Waals surface area contributed by atoms with Gasteiger partial charge in [-0.2, -0.15) is 5.26 Å². The van der Waals surface area contributed by atoms with Gasteiger partial charge in [0.2, 0.25) is 5.22 Å². The van der Waals surface area contributed by atoms with Gasteiger partial charge in [0, 0.05) is 6.04 Å². The number of carbonyl (C=O) groups is 1. The summed E-state index contributed by atoms with van der Waals surface area (Å²) in [5, 5.41) is 8.66. The van der Waals surface area contributed by atoms with Crippen LogP contribution < -0.4 is 0 Å². The lowest BCUT2D eigenvalue weighted by Crippen LogP contribution is -2.37. The van der Waals surface area contributed by atoms with Crippen LogP contribution >= 0.6 is 11.6 Å². The fraction of sp³-hybridized carbons (Fsp3) is 0.400. The van der Waals surface area contributed by atoms with Gasteiger partial charge in [0.05, 0.1) is 17.9 Å². The fourth-order valence-corrected chi connectivity index (χ4v) is 1.36. The molecule has 0 bridgehead atoms. The average molecular weight is 227 g/mol. The van der Waals surface area contributed by atoms with Crippen molar-refractivity contribution in [2.45, 2.75) is 19.9 Å². The molecule has 0 unspecified atom stereocenters. The van der Waals surface area contributed by atoms with Crippen LogP contribution in [0.1, 0.15) is 24.2 Å². The van der Waals surface area contributed by atoms with Gasteiger partial charge < -0.3 is 9.32 Å². The minimum Gasteiger partial charge on any atom is -0.452 e. The molecule has 0 atom stereocenters. The van der Waals surface area contributed by atoms with Gasteiger partial charge in [-0.3, -0.25) is 4.79 Å². The predicted octanol–water partition coefficient (Wildman–Crippen LogP) is 2.31. The molecule has 15 heavy (non-hydrogen) atoms. The second-order valence-corrected chi connectivity index (χ2v) is 3.64. The van der Waals surface area contributed by atoms with Gasteiger partial charge in [-0.1, -0.05) is 0 Å². The van der Waals surface area contributed by atoms with E-state index in [4.69, 9.17) is 21.3 Å². The van der Waals surface area contributed by atoms with Crippen molar-refractivity contribution in [3.8, 4) is 6.07 Å². The monoisotopic (exact) mass is 226 g/mol. The molecule has 1 aromatic heterocycles. The molecular formula is C10H11ClN2O2. The quantitative estimate of drug-likeness (QED) is 0.743. The molecule has 4 nitrogen and oxygen atoms in total. The van der Waals surface area contributed by atoms with Crippen LogP contribution in [0.5, 0.6) is 0 Å². The first-order valence-electron chi connectivity index (χ1n) is 4.48. The zero-order valence-electron chi connectivity index (χ0n) is 8.53. The highest BCUT2D eigenvalue weighted by molar-refractivity contribution is 6.32. The Morgan fingerprint density at radius 1 is 1.73 bits per heavy atom. The fourth-order valence-electron chi connectivity index (χ4n) is 1.17. The molecule has 0 saturated carbocycles. The van der Waals surface area contributed by atoms with E-state index >= 15 is 0 Å². The van der Waals surface area contributed by atoms with Gasteiger partial charge in [0.25, 0.3) is 5.91 Å². The number of rotatable bonds is 3. The topological polar surface area (TPSA) is 57.2 Å². The Morgan fingerprint density at radius 3 is 2.80 bits per heavy atom. The van der Waals surface area contributed by atoms with Crippen molar-refractivity contribution in [3.63, 3.8) is 0 Å². The second-order valence-electron chi connectivity index (χ2n) is 3.29. The first-order chi connectivity index (χ1) is 7.07. The molecule has 0 aliphatic heterocycles. The van der Waals surface area contributed by atoms with E-state index in [-0.39, 0.29) is 23.7 Å². The summed E-state index contributed by atoms with van der Waals surface area (Å²) in [5.74, 6) is -0.287. The van der Waals surface area contributed by atoms with E-state index in [1.54, 1.807) is 0 Å². The van der Waals surface area contributed by atoms with Crippen LogP contribution in [0.2, 0.25) is 5.22 Å². The van der Waals surface area contributed by atoms with Crippen molar-refractivity contribution < 1.29 is 9.21 Å². The maximum absolute atomic E-state index is 11.9. The third-order valence-corrected chi connectivity index (χ3v) is 2.27. The van der Waals surface area contributed by atoms with E-state index in [1.807, 2.05) is 19.9 Å². The van der Waals surface area contributed by atoms with Crippen LogP contribution in [0.3, 0.4) is 0 Å². The molecule has 0 radical (unpaired) electrons. The van der Waals surface area contributed by atoms with E-state index in [0.29, 0.717) is 5.56 Å². The number of carbonyl (C=O) groups excluding carboxylic acids is 1. The third-order valence-electron chi connectivity index (χ3n) is 1.97. The molecule has 0 aliphatic rings. The van der Waals surface area contributed by atoms with Crippen molar-refractivity contribution >= 4 is 17.5 Å². The highest BCUT2D eigenvalue weighted by Crippen LogP contribution is 2.19. The molecule has 0 fully saturated rings. The smallest absolute Gasteiger partial charge is 0.259 e. The van der Waals surface area contributed by atoms with E-state index in [2.05, 4.69) is 0 Å². The second kappa shape index (κ2) is 4.85. The summed E-state index contributed by atoms with van der Waals surface area (Å²) in [4.78, 5) is 13.3. The highest BCUT2D eigenvalue weighted by Gasteiger charge is 2.22. The molecule has 0 spiro atoms. The zero-order chi connectivity index (χ0) is 11.4. The van der Waals surface area contributed by atoms with Gasteiger partial charge >= 0.3 is 0 Å². The molecule has 0 aliphatic carbocycles. The van der Waals surface area contributed by atoms with Gasteiger partial charge in [-0.15, -0.1) is 0 Å². The standard InChI is InChI=1S/C10H11ClN2O2/c1-7(2)13(5-4-12)10(14)8-3-6-15-9(8)11/h3,6-7H,5H2,1-2H3. The highest BCUT2D eigenvalue weighted by atomic mass is 35.5. The third kappa shape index (κ3) is 2.51. The minimum atomic E-state index is -0.287. The number of amides is 1. The number of hydrogen-bond acceptors (Lipinski definition) is 3. The molecular weight excluding hydrogens is 216 g/mol. The molecule has 1 amide bonds. The number of furan rings is 1. The average Bonchev–Trinajstić information content (AvgIpc) is 2.59. The van der Waals surface area contributed by atoms with Gasteiger partial charge in [-0.05, 0) is 31.5 Å². The maximum atomic E-state index is 11.9. The van der Waals surface area contributed by atoms with E-state index < -0.39 is 0 Å². The predicted molar refractivity (Wildman–Crippen MR) is 55.5 cm³/mol. The first-order valence-corrected chi connectivity index (χ1v) is 4.86. The maximum Gasteiger partial charge on any atom is 0.259 e. The van der Waals surface area contributed by atoms with Crippen molar-refractivity contribution in [1.29, 1.82) is 5.26 Å².